The number of nitrogens with zero attached hydrogens (tertiary/aromatic N) is 5. The third-order valence-electron chi connectivity index (χ3n) is 4.54. The number of thioether (sulfide) groups is 1. The van der Waals surface area contributed by atoms with E-state index in [2.05, 4.69) is 16.3 Å². The van der Waals surface area contributed by atoms with Crippen molar-refractivity contribution >= 4 is 23.4 Å². The van der Waals surface area contributed by atoms with Crippen LogP contribution in [0.3, 0.4) is 0 Å². The lowest BCUT2D eigenvalue weighted by molar-refractivity contribution is -0.116. The van der Waals surface area contributed by atoms with Gasteiger partial charge in [0.15, 0.2) is 11.0 Å². The standard InChI is InChI=1S/C22H22FN5OS/c1-15-11-16(2)13-17(12-15)28(10-6-9-24)20(29)14-30-22-26-25-21(27(22)3)18-7-4-5-8-19(18)23/h4-5,7-8,11-13H,6,10,14H2,1-3H3. The topological polar surface area (TPSA) is 74.8 Å². The molecule has 0 aliphatic rings. The highest BCUT2D eigenvalue weighted by Crippen LogP contribution is 2.26. The van der Waals surface area contributed by atoms with Gasteiger partial charge in [0.1, 0.15) is 5.82 Å². The lowest BCUT2D eigenvalue weighted by Gasteiger charge is -2.22. The van der Waals surface area contributed by atoms with E-state index in [4.69, 9.17) is 5.26 Å². The van der Waals surface area contributed by atoms with Crippen molar-refractivity contribution in [1.29, 1.82) is 5.26 Å². The van der Waals surface area contributed by atoms with E-state index in [0.717, 1.165) is 16.8 Å². The van der Waals surface area contributed by atoms with E-state index in [9.17, 15) is 9.18 Å². The third kappa shape index (κ3) is 4.86. The molecule has 8 heteroatoms. The van der Waals surface area contributed by atoms with Crippen LogP contribution >= 0.6 is 11.8 Å². The largest absolute Gasteiger partial charge is 0.311 e. The number of aryl methyl sites for hydroxylation is 2. The Hall–Kier alpha value is -3.18. The fourth-order valence-corrected chi connectivity index (χ4v) is 3.98. The minimum atomic E-state index is -0.377. The van der Waals surface area contributed by atoms with Crippen molar-refractivity contribution in [3.05, 3.63) is 59.4 Å². The molecule has 0 atom stereocenters. The Morgan fingerprint density at radius 1 is 1.20 bits per heavy atom. The summed E-state index contributed by atoms with van der Waals surface area (Å²) in [5, 5.41) is 17.7. The first kappa shape index (κ1) is 21.5. The predicted octanol–water partition coefficient (Wildman–Crippen LogP) is 4.28. The van der Waals surface area contributed by atoms with Gasteiger partial charge >= 0.3 is 0 Å². The predicted molar refractivity (Wildman–Crippen MR) is 116 cm³/mol. The Bertz CT molecular complexity index is 1080. The van der Waals surface area contributed by atoms with Gasteiger partial charge in [-0.05, 0) is 49.2 Å². The van der Waals surface area contributed by atoms with Gasteiger partial charge in [0.2, 0.25) is 5.91 Å². The van der Waals surface area contributed by atoms with Crippen LogP contribution in [0.2, 0.25) is 0 Å². The molecule has 3 aromatic rings. The number of benzene rings is 2. The first-order valence-corrected chi connectivity index (χ1v) is 10.4. The van der Waals surface area contributed by atoms with E-state index in [1.807, 2.05) is 32.0 Å². The molecule has 0 saturated heterocycles. The van der Waals surface area contributed by atoms with Crippen molar-refractivity contribution in [2.24, 2.45) is 7.05 Å². The van der Waals surface area contributed by atoms with Crippen molar-refractivity contribution in [1.82, 2.24) is 14.8 Å². The van der Waals surface area contributed by atoms with Crippen molar-refractivity contribution in [3.63, 3.8) is 0 Å². The summed E-state index contributed by atoms with van der Waals surface area (Å²) in [5.74, 6) is 0.0225. The van der Waals surface area contributed by atoms with E-state index < -0.39 is 0 Å². The zero-order valence-corrected chi connectivity index (χ0v) is 17.9. The van der Waals surface area contributed by atoms with Crippen LogP contribution in [-0.4, -0.2) is 33.0 Å². The monoisotopic (exact) mass is 423 g/mol. The molecular weight excluding hydrogens is 401 g/mol. The van der Waals surface area contributed by atoms with E-state index in [0.29, 0.717) is 23.1 Å². The molecule has 0 radical (unpaired) electrons. The Morgan fingerprint density at radius 3 is 2.57 bits per heavy atom. The molecule has 1 aromatic heterocycles. The Morgan fingerprint density at radius 2 is 1.90 bits per heavy atom. The van der Waals surface area contributed by atoms with E-state index in [1.54, 1.807) is 34.7 Å². The minimum absolute atomic E-state index is 0.127. The summed E-state index contributed by atoms with van der Waals surface area (Å²) in [6.45, 7) is 4.27. The first-order chi connectivity index (χ1) is 14.4. The third-order valence-corrected chi connectivity index (χ3v) is 5.55. The molecule has 1 heterocycles. The van der Waals surface area contributed by atoms with Crippen LogP contribution in [0.4, 0.5) is 10.1 Å². The lowest BCUT2D eigenvalue weighted by atomic mass is 10.1. The molecule has 30 heavy (non-hydrogen) atoms. The van der Waals surface area contributed by atoms with Crippen LogP contribution in [0, 0.1) is 31.0 Å². The number of aromatic nitrogens is 3. The maximum atomic E-state index is 14.1. The molecule has 2 aromatic carbocycles. The summed E-state index contributed by atoms with van der Waals surface area (Å²) in [7, 11) is 1.74. The molecule has 1 amide bonds. The Labute approximate surface area is 179 Å². The second-order valence-electron chi connectivity index (χ2n) is 6.93. The zero-order valence-electron chi connectivity index (χ0n) is 17.1. The van der Waals surface area contributed by atoms with Crippen LogP contribution in [0.15, 0.2) is 47.6 Å². The van der Waals surface area contributed by atoms with Crippen molar-refractivity contribution in [3.8, 4) is 17.5 Å². The number of halogens is 1. The molecule has 0 saturated carbocycles. The molecule has 0 aliphatic heterocycles. The summed E-state index contributed by atoms with van der Waals surface area (Å²) in [5.41, 5.74) is 3.24. The SMILES string of the molecule is Cc1cc(C)cc(N(CCC#N)C(=O)CSc2nnc(-c3ccccc3F)n2C)c1. The molecule has 0 N–H and O–H groups in total. The zero-order chi connectivity index (χ0) is 21.7. The van der Waals surface area contributed by atoms with Crippen LogP contribution in [0.5, 0.6) is 0 Å². The van der Waals surface area contributed by atoms with Gasteiger partial charge < -0.3 is 9.47 Å². The second kappa shape index (κ2) is 9.55. The Balaban J connectivity index is 1.77. The van der Waals surface area contributed by atoms with Crippen LogP contribution in [0.1, 0.15) is 17.5 Å². The summed E-state index contributed by atoms with van der Waals surface area (Å²) in [6.07, 6.45) is 0.241. The summed E-state index contributed by atoms with van der Waals surface area (Å²) < 4.78 is 15.8. The smallest absolute Gasteiger partial charge is 0.237 e. The van der Waals surface area contributed by atoms with Gasteiger partial charge in [-0.25, -0.2) is 4.39 Å². The number of amides is 1. The first-order valence-electron chi connectivity index (χ1n) is 9.43. The number of rotatable bonds is 7. The molecule has 6 nitrogen and oxygen atoms in total. The van der Waals surface area contributed by atoms with Gasteiger partial charge in [0.05, 0.1) is 23.8 Å². The highest BCUT2D eigenvalue weighted by Gasteiger charge is 2.19. The number of hydrogen-bond donors (Lipinski definition) is 0. The average molecular weight is 424 g/mol. The van der Waals surface area contributed by atoms with Gasteiger partial charge in [0.25, 0.3) is 0 Å². The molecule has 0 unspecified atom stereocenters. The minimum Gasteiger partial charge on any atom is -0.311 e. The maximum Gasteiger partial charge on any atom is 0.237 e. The number of carbonyl (C=O) groups is 1. The summed E-state index contributed by atoms with van der Waals surface area (Å²) >= 11 is 1.23. The highest BCUT2D eigenvalue weighted by atomic mass is 32.2. The van der Waals surface area contributed by atoms with Crippen LogP contribution in [-0.2, 0) is 11.8 Å². The summed E-state index contributed by atoms with van der Waals surface area (Å²) in [6, 6.07) is 14.4. The normalized spacial score (nSPS) is 10.6. The lowest BCUT2D eigenvalue weighted by Crippen LogP contribution is -2.33. The quantitative estimate of drug-likeness (QED) is 0.530. The van der Waals surface area contributed by atoms with Crippen LogP contribution < -0.4 is 4.90 Å². The van der Waals surface area contributed by atoms with Crippen molar-refractivity contribution < 1.29 is 9.18 Å². The number of nitriles is 1. The van der Waals surface area contributed by atoms with Gasteiger partial charge in [-0.1, -0.05) is 30.0 Å². The fourth-order valence-electron chi connectivity index (χ4n) is 3.19. The number of anilines is 1. The van der Waals surface area contributed by atoms with E-state index in [1.165, 1.54) is 17.8 Å². The van der Waals surface area contributed by atoms with Gasteiger partial charge in [-0.2, -0.15) is 5.26 Å². The Kier molecular flexibility index (Phi) is 6.85. The molecule has 0 aliphatic carbocycles. The van der Waals surface area contributed by atoms with Crippen molar-refractivity contribution in [2.75, 3.05) is 17.2 Å². The molecule has 0 bridgehead atoms. The fraction of sp³-hybridized carbons (Fsp3) is 0.273. The van der Waals surface area contributed by atoms with Gasteiger partial charge in [-0.3, -0.25) is 4.79 Å². The van der Waals surface area contributed by atoms with E-state index >= 15 is 0 Å². The molecule has 0 spiro atoms. The number of hydrogen-bond acceptors (Lipinski definition) is 5. The maximum absolute atomic E-state index is 14.1. The van der Waals surface area contributed by atoms with Crippen LogP contribution in [0.25, 0.3) is 11.4 Å². The molecule has 154 valence electrons. The molecule has 0 fully saturated rings. The second-order valence-corrected chi connectivity index (χ2v) is 7.88. The summed E-state index contributed by atoms with van der Waals surface area (Å²) in [4.78, 5) is 14.6. The van der Waals surface area contributed by atoms with Gasteiger partial charge in [0, 0.05) is 19.3 Å². The van der Waals surface area contributed by atoms with Crippen molar-refractivity contribution in [2.45, 2.75) is 25.4 Å². The highest BCUT2D eigenvalue weighted by molar-refractivity contribution is 7.99. The van der Waals surface area contributed by atoms with E-state index in [-0.39, 0.29) is 23.9 Å². The molecular formula is C22H22FN5OS. The number of carbonyl (C=O) groups excluding carboxylic acids is 1. The average Bonchev–Trinajstić information content (AvgIpc) is 3.06. The van der Waals surface area contributed by atoms with Gasteiger partial charge in [-0.15, -0.1) is 10.2 Å². The molecule has 3 rings (SSSR count).